The Kier molecular flexibility index (Phi) is 6.12. The van der Waals surface area contributed by atoms with Gasteiger partial charge in [-0.2, -0.15) is 0 Å². The number of rotatable bonds is 4. The van der Waals surface area contributed by atoms with E-state index in [1.54, 1.807) is 24.4 Å². The van der Waals surface area contributed by atoms with E-state index in [-0.39, 0.29) is 37.3 Å². The average molecular weight is 426 g/mol. The molecule has 0 aliphatic carbocycles. The molecular weight excluding hydrogens is 405 g/mol. The van der Waals surface area contributed by atoms with Crippen LogP contribution in [0.3, 0.4) is 0 Å². The lowest BCUT2D eigenvalue weighted by atomic mass is 10.1. The highest BCUT2D eigenvalue weighted by molar-refractivity contribution is 6.31. The van der Waals surface area contributed by atoms with Crippen molar-refractivity contribution in [3.8, 4) is 0 Å². The number of piperazine rings is 1. The minimum absolute atomic E-state index is 0. The van der Waals surface area contributed by atoms with E-state index < -0.39 is 5.76 Å². The Balaban J connectivity index is 0.00000225. The third-order valence-corrected chi connectivity index (χ3v) is 5.13. The van der Waals surface area contributed by atoms with Gasteiger partial charge in [0.2, 0.25) is 5.91 Å². The van der Waals surface area contributed by atoms with E-state index in [0.29, 0.717) is 29.2 Å². The van der Waals surface area contributed by atoms with Gasteiger partial charge in [0.05, 0.1) is 5.52 Å². The van der Waals surface area contributed by atoms with Gasteiger partial charge in [-0.25, -0.2) is 9.78 Å². The first kappa shape index (κ1) is 20.4. The van der Waals surface area contributed by atoms with Crippen LogP contribution in [0.2, 0.25) is 5.02 Å². The highest BCUT2D eigenvalue weighted by Gasteiger charge is 2.30. The summed E-state index contributed by atoms with van der Waals surface area (Å²) >= 11 is 5.94. The zero-order chi connectivity index (χ0) is 19.0. The number of aromatic nitrogens is 3. The van der Waals surface area contributed by atoms with Crippen molar-refractivity contribution in [2.24, 2.45) is 7.05 Å². The summed E-state index contributed by atoms with van der Waals surface area (Å²) in [6.07, 6.45) is 3.81. The zero-order valence-corrected chi connectivity index (χ0v) is 16.9. The van der Waals surface area contributed by atoms with Gasteiger partial charge in [-0.1, -0.05) is 11.6 Å². The number of carbonyl (C=O) groups is 1. The molecule has 3 heterocycles. The third-order valence-electron chi connectivity index (χ3n) is 4.90. The number of oxazole rings is 1. The van der Waals surface area contributed by atoms with Crippen LogP contribution in [-0.4, -0.2) is 44.6 Å². The summed E-state index contributed by atoms with van der Waals surface area (Å²) in [5.74, 6) is 0.344. The van der Waals surface area contributed by atoms with Crippen molar-refractivity contribution in [2.75, 3.05) is 19.6 Å². The van der Waals surface area contributed by atoms with Crippen LogP contribution in [0.5, 0.6) is 0 Å². The van der Waals surface area contributed by atoms with E-state index in [1.807, 2.05) is 22.7 Å². The molecule has 1 atom stereocenters. The van der Waals surface area contributed by atoms with Crippen molar-refractivity contribution in [1.82, 2.24) is 24.3 Å². The molecule has 10 heteroatoms. The maximum absolute atomic E-state index is 12.9. The summed E-state index contributed by atoms with van der Waals surface area (Å²) in [4.78, 5) is 31.3. The molecule has 150 valence electrons. The number of fused-ring (bicyclic) bond motifs is 1. The van der Waals surface area contributed by atoms with E-state index in [9.17, 15) is 9.59 Å². The maximum atomic E-state index is 12.9. The van der Waals surface area contributed by atoms with Crippen LogP contribution in [0.15, 0.2) is 39.8 Å². The van der Waals surface area contributed by atoms with E-state index in [4.69, 9.17) is 16.0 Å². The molecule has 1 saturated heterocycles. The molecule has 1 aromatic carbocycles. The highest BCUT2D eigenvalue weighted by atomic mass is 35.5. The van der Waals surface area contributed by atoms with Crippen LogP contribution in [-0.2, 0) is 18.4 Å². The summed E-state index contributed by atoms with van der Waals surface area (Å²) < 4.78 is 8.63. The Hall–Kier alpha value is -2.29. The van der Waals surface area contributed by atoms with Gasteiger partial charge in [-0.15, -0.1) is 12.4 Å². The normalized spacial score (nSPS) is 16.9. The van der Waals surface area contributed by atoms with Crippen molar-refractivity contribution in [1.29, 1.82) is 0 Å². The summed E-state index contributed by atoms with van der Waals surface area (Å²) in [5.41, 5.74) is 1.06. The van der Waals surface area contributed by atoms with Gasteiger partial charge in [-0.3, -0.25) is 9.36 Å². The zero-order valence-electron chi connectivity index (χ0n) is 15.3. The Labute approximate surface area is 172 Å². The first-order valence-corrected chi connectivity index (χ1v) is 9.18. The number of amides is 1. The molecule has 8 nitrogen and oxygen atoms in total. The number of nitrogens with zero attached hydrogens (tertiary/aromatic N) is 4. The molecule has 0 radical (unpaired) electrons. The predicted molar refractivity (Wildman–Crippen MR) is 108 cm³/mol. The molecule has 1 N–H and O–H groups in total. The van der Waals surface area contributed by atoms with Gasteiger partial charge in [0, 0.05) is 63.1 Å². The second-order valence-corrected chi connectivity index (χ2v) is 7.02. The fraction of sp³-hybridized carbons (Fsp3) is 0.389. The van der Waals surface area contributed by atoms with Crippen LogP contribution in [0.4, 0.5) is 0 Å². The number of benzene rings is 1. The van der Waals surface area contributed by atoms with Gasteiger partial charge in [0.1, 0.15) is 11.9 Å². The van der Waals surface area contributed by atoms with Crippen molar-refractivity contribution in [2.45, 2.75) is 19.0 Å². The molecule has 1 aliphatic rings. The molecular formula is C18H21Cl2N5O3. The summed E-state index contributed by atoms with van der Waals surface area (Å²) in [6.45, 7) is 2.25. The maximum Gasteiger partial charge on any atom is 0.419 e. The summed E-state index contributed by atoms with van der Waals surface area (Å²) in [6, 6.07) is 4.91. The van der Waals surface area contributed by atoms with Crippen molar-refractivity contribution in [3.63, 3.8) is 0 Å². The number of imidazole rings is 1. The van der Waals surface area contributed by atoms with Gasteiger partial charge in [0.25, 0.3) is 0 Å². The van der Waals surface area contributed by atoms with E-state index >= 15 is 0 Å². The molecule has 1 fully saturated rings. The molecule has 1 aliphatic heterocycles. The van der Waals surface area contributed by atoms with Crippen LogP contribution in [0, 0.1) is 0 Å². The highest BCUT2D eigenvalue weighted by Crippen LogP contribution is 2.22. The number of hydrogen-bond donors (Lipinski definition) is 1. The number of nitrogens with one attached hydrogen (secondary N) is 1. The SMILES string of the molecule is Cl.Cn1ccnc1C1CNCCN1C(=O)CCn1c(=O)oc2cc(Cl)ccc21. The first-order valence-electron chi connectivity index (χ1n) is 8.81. The number of carbonyl (C=O) groups excluding carboxylic acids is 1. The molecule has 4 rings (SSSR count). The molecule has 1 amide bonds. The van der Waals surface area contributed by atoms with Gasteiger partial charge in [0.15, 0.2) is 5.58 Å². The quantitative estimate of drug-likeness (QED) is 0.690. The summed E-state index contributed by atoms with van der Waals surface area (Å²) in [5, 5.41) is 3.81. The molecule has 0 bridgehead atoms. The summed E-state index contributed by atoms with van der Waals surface area (Å²) in [7, 11) is 1.92. The number of halogens is 2. The second-order valence-electron chi connectivity index (χ2n) is 6.59. The van der Waals surface area contributed by atoms with Crippen LogP contribution >= 0.6 is 24.0 Å². The minimum Gasteiger partial charge on any atom is -0.408 e. The molecule has 3 aromatic rings. The largest absolute Gasteiger partial charge is 0.419 e. The molecule has 0 spiro atoms. The lowest BCUT2D eigenvalue weighted by Gasteiger charge is -2.35. The fourth-order valence-corrected chi connectivity index (χ4v) is 3.70. The van der Waals surface area contributed by atoms with Crippen molar-refractivity contribution >= 4 is 41.0 Å². The van der Waals surface area contributed by atoms with Crippen LogP contribution < -0.4 is 11.1 Å². The lowest BCUT2D eigenvalue weighted by molar-refractivity contribution is -0.135. The third kappa shape index (κ3) is 3.80. The lowest BCUT2D eigenvalue weighted by Crippen LogP contribution is -2.49. The standard InChI is InChI=1S/C18H20ClN5O3.ClH/c1-22-8-6-21-17(22)14-11-20-5-9-23(14)16(25)4-7-24-13-3-2-12(19)10-15(13)27-18(24)26;/h2-3,6,8,10,14,20H,4-5,7,9,11H2,1H3;1H. The van der Waals surface area contributed by atoms with Crippen molar-refractivity contribution in [3.05, 3.63) is 52.0 Å². The van der Waals surface area contributed by atoms with Crippen LogP contribution in [0.1, 0.15) is 18.3 Å². The fourth-order valence-electron chi connectivity index (χ4n) is 3.53. The van der Waals surface area contributed by atoms with Gasteiger partial charge < -0.3 is 19.2 Å². The Morgan fingerprint density at radius 2 is 2.25 bits per heavy atom. The topological polar surface area (TPSA) is 85.3 Å². The monoisotopic (exact) mass is 425 g/mol. The Morgan fingerprint density at radius 1 is 1.43 bits per heavy atom. The van der Waals surface area contributed by atoms with E-state index in [2.05, 4.69) is 10.3 Å². The van der Waals surface area contributed by atoms with Gasteiger partial charge in [-0.05, 0) is 12.1 Å². The van der Waals surface area contributed by atoms with E-state index in [1.165, 1.54) is 4.57 Å². The Bertz CT molecular complexity index is 1040. The van der Waals surface area contributed by atoms with Gasteiger partial charge >= 0.3 is 5.76 Å². The minimum atomic E-state index is -0.485. The molecule has 1 unspecified atom stereocenters. The second kappa shape index (κ2) is 8.38. The number of aryl methyl sites for hydroxylation is 2. The average Bonchev–Trinajstić information content (AvgIpc) is 3.21. The molecule has 28 heavy (non-hydrogen) atoms. The van der Waals surface area contributed by atoms with Crippen molar-refractivity contribution < 1.29 is 9.21 Å². The van der Waals surface area contributed by atoms with E-state index in [0.717, 1.165) is 12.4 Å². The smallest absolute Gasteiger partial charge is 0.408 e. The molecule has 2 aromatic heterocycles. The Morgan fingerprint density at radius 3 is 3.00 bits per heavy atom. The first-order chi connectivity index (χ1) is 13.0. The molecule has 0 saturated carbocycles. The predicted octanol–water partition coefficient (Wildman–Crippen LogP) is 1.97. The number of hydrogen-bond acceptors (Lipinski definition) is 5. The van der Waals surface area contributed by atoms with Crippen LogP contribution in [0.25, 0.3) is 11.1 Å².